The molecule has 11 nitrogen and oxygen atoms in total. The van der Waals surface area contributed by atoms with Crippen LogP contribution in [0, 0.1) is 0 Å². The summed E-state index contributed by atoms with van der Waals surface area (Å²) in [5.74, 6) is -0.694. The Hall–Kier alpha value is -3.50. The van der Waals surface area contributed by atoms with Gasteiger partial charge in [-0.3, -0.25) is 28.4 Å². The molecule has 3 heterocycles. The summed E-state index contributed by atoms with van der Waals surface area (Å²) in [6.07, 6.45) is 4.29. The van der Waals surface area contributed by atoms with Crippen molar-refractivity contribution in [2.45, 2.75) is 37.6 Å². The van der Waals surface area contributed by atoms with Gasteiger partial charge in [-0.2, -0.15) is 0 Å². The number of fused-ring (bicyclic) bond motifs is 1. The number of pyridine rings is 1. The first-order chi connectivity index (χ1) is 14.2. The largest absolute Gasteiger partial charge is 0.332 e. The topological polar surface area (TPSA) is 135 Å². The van der Waals surface area contributed by atoms with Crippen molar-refractivity contribution in [1.29, 1.82) is 0 Å². The summed E-state index contributed by atoms with van der Waals surface area (Å²) in [5, 5.41) is 5.59. The van der Waals surface area contributed by atoms with E-state index in [-0.39, 0.29) is 35.6 Å². The summed E-state index contributed by atoms with van der Waals surface area (Å²) in [6.45, 7) is -0.0322. The highest BCUT2D eigenvalue weighted by Gasteiger charge is 2.52. The average Bonchev–Trinajstić information content (AvgIpc) is 3.28. The third kappa shape index (κ3) is 3.06. The molecule has 0 radical (unpaired) electrons. The average molecular weight is 414 g/mol. The lowest BCUT2D eigenvalue weighted by Crippen LogP contribution is -2.44. The van der Waals surface area contributed by atoms with Crippen LogP contribution in [0.15, 0.2) is 21.9 Å². The van der Waals surface area contributed by atoms with Crippen LogP contribution in [0.2, 0.25) is 0 Å². The van der Waals surface area contributed by atoms with Gasteiger partial charge in [0.05, 0.1) is 17.3 Å². The van der Waals surface area contributed by atoms with Gasteiger partial charge in [-0.1, -0.05) is 12.8 Å². The van der Waals surface area contributed by atoms with Crippen molar-refractivity contribution in [3.63, 3.8) is 0 Å². The van der Waals surface area contributed by atoms with Crippen LogP contribution in [-0.2, 0) is 23.7 Å². The smallest absolute Gasteiger partial charge is 0.325 e. The fraction of sp³-hybridized carbons (Fsp3) is 0.474. The second-order valence-corrected chi connectivity index (χ2v) is 7.78. The zero-order chi connectivity index (χ0) is 21.6. The summed E-state index contributed by atoms with van der Waals surface area (Å²) < 4.78 is 2.21. The Balaban J connectivity index is 1.46. The molecule has 0 aromatic carbocycles. The molecule has 1 saturated heterocycles. The van der Waals surface area contributed by atoms with Crippen LogP contribution in [0.3, 0.4) is 0 Å². The summed E-state index contributed by atoms with van der Waals surface area (Å²) in [5.41, 5.74) is -1.32. The van der Waals surface area contributed by atoms with E-state index in [0.717, 1.165) is 22.3 Å². The maximum atomic E-state index is 12.6. The van der Waals surface area contributed by atoms with Crippen molar-refractivity contribution in [1.82, 2.24) is 24.3 Å². The maximum absolute atomic E-state index is 12.6. The molecule has 2 fully saturated rings. The Kier molecular flexibility index (Phi) is 4.67. The van der Waals surface area contributed by atoms with Gasteiger partial charge in [0.2, 0.25) is 5.91 Å². The van der Waals surface area contributed by atoms with Crippen molar-refractivity contribution >= 4 is 34.6 Å². The van der Waals surface area contributed by atoms with Crippen LogP contribution in [-0.4, -0.2) is 48.9 Å². The van der Waals surface area contributed by atoms with E-state index >= 15 is 0 Å². The van der Waals surface area contributed by atoms with Crippen molar-refractivity contribution < 1.29 is 14.4 Å². The number of carbonyl (C=O) groups is 3. The van der Waals surface area contributed by atoms with Gasteiger partial charge in [0, 0.05) is 27.1 Å². The normalized spacial score (nSPS) is 17.7. The van der Waals surface area contributed by atoms with Crippen LogP contribution in [0.1, 0.15) is 32.1 Å². The first kappa shape index (κ1) is 19.8. The van der Waals surface area contributed by atoms with Gasteiger partial charge in [0.15, 0.2) is 0 Å². The standard InChI is InChI=1S/C19H22N6O5/c1-23-14-12(15(27)24(2)18(23)30)9-11(10-20-14)21-13(26)5-8-25-16(28)19(22-17(25)29)6-3-4-7-19/h9-10H,3-8H2,1-2H3,(H,21,26)(H,22,29). The molecule has 1 aliphatic carbocycles. The molecule has 158 valence electrons. The lowest BCUT2D eigenvalue weighted by Gasteiger charge is -2.19. The monoisotopic (exact) mass is 414 g/mol. The van der Waals surface area contributed by atoms with Crippen LogP contribution >= 0.6 is 0 Å². The van der Waals surface area contributed by atoms with E-state index in [1.807, 2.05) is 0 Å². The fourth-order valence-electron chi connectivity index (χ4n) is 4.17. The van der Waals surface area contributed by atoms with Crippen molar-refractivity contribution in [3.05, 3.63) is 33.1 Å². The van der Waals surface area contributed by atoms with E-state index in [0.29, 0.717) is 12.8 Å². The van der Waals surface area contributed by atoms with E-state index in [1.54, 1.807) is 0 Å². The van der Waals surface area contributed by atoms with Gasteiger partial charge in [-0.15, -0.1) is 0 Å². The number of carbonyl (C=O) groups excluding carboxylic acids is 3. The molecule has 0 bridgehead atoms. The number of aromatic nitrogens is 3. The number of aryl methyl sites for hydroxylation is 1. The molecule has 2 N–H and O–H groups in total. The molecule has 2 aliphatic rings. The summed E-state index contributed by atoms with van der Waals surface area (Å²) >= 11 is 0. The number of hydrogen-bond donors (Lipinski definition) is 2. The predicted octanol–water partition coefficient (Wildman–Crippen LogP) is -0.175. The number of imide groups is 1. The van der Waals surface area contributed by atoms with Crippen molar-refractivity contribution in [2.75, 3.05) is 11.9 Å². The van der Waals surface area contributed by atoms with E-state index < -0.39 is 28.7 Å². The molecule has 4 amide bonds. The lowest BCUT2D eigenvalue weighted by molar-refractivity contribution is -0.131. The van der Waals surface area contributed by atoms with Gasteiger partial charge >= 0.3 is 11.7 Å². The van der Waals surface area contributed by atoms with Crippen LogP contribution < -0.4 is 21.9 Å². The molecular weight excluding hydrogens is 392 g/mol. The molecule has 30 heavy (non-hydrogen) atoms. The summed E-state index contributed by atoms with van der Waals surface area (Å²) in [7, 11) is 2.87. The second kappa shape index (κ2) is 7.08. The van der Waals surface area contributed by atoms with Crippen LogP contribution in [0.5, 0.6) is 0 Å². The summed E-state index contributed by atoms with van der Waals surface area (Å²) in [4.78, 5) is 66.7. The van der Waals surface area contributed by atoms with E-state index in [9.17, 15) is 24.0 Å². The SMILES string of the molecule is Cn1c(=O)c2cc(NC(=O)CCN3C(=O)NC4(CCCC4)C3=O)cnc2n(C)c1=O. The molecule has 1 spiro atoms. The minimum Gasteiger partial charge on any atom is -0.325 e. The molecule has 0 unspecified atom stereocenters. The fourth-order valence-corrected chi connectivity index (χ4v) is 4.17. The molecule has 11 heteroatoms. The number of anilines is 1. The van der Waals surface area contributed by atoms with E-state index in [2.05, 4.69) is 15.6 Å². The Morgan fingerprint density at radius 1 is 1.17 bits per heavy atom. The predicted molar refractivity (Wildman–Crippen MR) is 107 cm³/mol. The Morgan fingerprint density at radius 3 is 2.57 bits per heavy atom. The number of nitrogens with zero attached hydrogens (tertiary/aromatic N) is 4. The number of nitrogens with one attached hydrogen (secondary N) is 2. The highest BCUT2D eigenvalue weighted by atomic mass is 16.2. The Morgan fingerprint density at radius 2 is 1.87 bits per heavy atom. The van der Waals surface area contributed by atoms with Crippen LogP contribution in [0.25, 0.3) is 11.0 Å². The van der Waals surface area contributed by atoms with Gasteiger partial charge in [0.1, 0.15) is 11.2 Å². The highest BCUT2D eigenvalue weighted by molar-refractivity contribution is 6.07. The number of rotatable bonds is 4. The van der Waals surface area contributed by atoms with Gasteiger partial charge in [-0.25, -0.2) is 14.6 Å². The quantitative estimate of drug-likeness (QED) is 0.667. The molecule has 2 aromatic rings. The van der Waals surface area contributed by atoms with Gasteiger partial charge in [0.25, 0.3) is 11.5 Å². The first-order valence-electron chi connectivity index (χ1n) is 9.73. The molecule has 1 aliphatic heterocycles. The Bertz CT molecular complexity index is 1190. The zero-order valence-electron chi connectivity index (χ0n) is 16.7. The molecule has 1 saturated carbocycles. The minimum atomic E-state index is -0.800. The van der Waals surface area contributed by atoms with E-state index in [4.69, 9.17) is 0 Å². The second-order valence-electron chi connectivity index (χ2n) is 7.78. The molecule has 0 atom stereocenters. The molecule has 4 rings (SSSR count). The minimum absolute atomic E-state index is 0.0322. The zero-order valence-corrected chi connectivity index (χ0v) is 16.7. The number of urea groups is 1. The number of hydrogen-bond acceptors (Lipinski definition) is 6. The lowest BCUT2D eigenvalue weighted by atomic mass is 9.98. The maximum Gasteiger partial charge on any atom is 0.332 e. The highest BCUT2D eigenvalue weighted by Crippen LogP contribution is 2.35. The van der Waals surface area contributed by atoms with Crippen molar-refractivity contribution in [3.8, 4) is 0 Å². The van der Waals surface area contributed by atoms with Gasteiger partial charge in [-0.05, 0) is 18.9 Å². The van der Waals surface area contributed by atoms with E-state index in [1.165, 1.54) is 30.9 Å². The third-order valence-corrected chi connectivity index (χ3v) is 5.84. The number of amides is 4. The molecular formula is C19H22N6O5. The van der Waals surface area contributed by atoms with Gasteiger partial charge < -0.3 is 10.6 Å². The molecule has 2 aromatic heterocycles. The first-order valence-corrected chi connectivity index (χ1v) is 9.73. The Labute approximate surface area is 170 Å². The summed E-state index contributed by atoms with van der Waals surface area (Å²) in [6, 6.07) is 0.981. The third-order valence-electron chi connectivity index (χ3n) is 5.84. The van der Waals surface area contributed by atoms with Crippen molar-refractivity contribution in [2.24, 2.45) is 14.1 Å². The van der Waals surface area contributed by atoms with Crippen LogP contribution in [0.4, 0.5) is 10.5 Å².